The molecule has 0 spiro atoms. The summed E-state index contributed by atoms with van der Waals surface area (Å²) in [5, 5.41) is 25.6. The first-order chi connectivity index (χ1) is 12.8. The van der Waals surface area contributed by atoms with Crippen molar-refractivity contribution in [1.29, 1.82) is 0 Å². The molecule has 0 saturated heterocycles. The molecule has 1 N–H and O–H groups in total. The molecule has 0 unspecified atom stereocenters. The van der Waals surface area contributed by atoms with Crippen LogP contribution in [0.2, 0.25) is 0 Å². The zero-order valence-corrected chi connectivity index (χ0v) is 14.7. The van der Waals surface area contributed by atoms with Crippen molar-refractivity contribution in [3.63, 3.8) is 0 Å². The third-order valence-corrected chi connectivity index (χ3v) is 3.64. The average molecular weight is 371 g/mol. The third-order valence-electron chi connectivity index (χ3n) is 3.64. The van der Waals surface area contributed by atoms with Gasteiger partial charge in [-0.1, -0.05) is 12.1 Å². The average Bonchev–Trinajstić information content (AvgIpc) is 2.62. The van der Waals surface area contributed by atoms with E-state index >= 15 is 0 Å². The summed E-state index contributed by atoms with van der Waals surface area (Å²) in [7, 11) is 3.83. The predicted octanol–water partition coefficient (Wildman–Crippen LogP) is 2.26. The molecule has 0 bridgehead atoms. The van der Waals surface area contributed by atoms with Crippen LogP contribution in [0, 0.1) is 20.2 Å². The van der Waals surface area contributed by atoms with Crippen molar-refractivity contribution in [2.45, 2.75) is 6.42 Å². The molecule has 10 nitrogen and oxygen atoms in total. The summed E-state index contributed by atoms with van der Waals surface area (Å²) in [5.41, 5.74) is 3.23. The van der Waals surface area contributed by atoms with Gasteiger partial charge in [-0.2, -0.15) is 5.10 Å². The summed E-state index contributed by atoms with van der Waals surface area (Å²) in [6.45, 7) is 0. The second-order valence-corrected chi connectivity index (χ2v) is 5.78. The van der Waals surface area contributed by atoms with Gasteiger partial charge in [0, 0.05) is 31.4 Å². The lowest BCUT2D eigenvalue weighted by atomic mass is 10.1. The lowest BCUT2D eigenvalue weighted by Gasteiger charge is -2.11. The van der Waals surface area contributed by atoms with Gasteiger partial charge in [0.05, 0.1) is 28.5 Å². The number of hydrazone groups is 1. The number of non-ortho nitro benzene ring substituents is 1. The van der Waals surface area contributed by atoms with E-state index in [9.17, 15) is 25.0 Å². The minimum absolute atomic E-state index is 0.0636. The molecule has 2 rings (SSSR count). The van der Waals surface area contributed by atoms with E-state index in [0.717, 1.165) is 23.4 Å². The zero-order valence-electron chi connectivity index (χ0n) is 14.7. The van der Waals surface area contributed by atoms with Crippen molar-refractivity contribution in [2.24, 2.45) is 5.10 Å². The summed E-state index contributed by atoms with van der Waals surface area (Å²) in [6, 6.07) is 10.6. The van der Waals surface area contributed by atoms with Crippen LogP contribution in [-0.2, 0) is 11.2 Å². The first-order valence-corrected chi connectivity index (χ1v) is 7.79. The smallest absolute Gasteiger partial charge is 0.279 e. The lowest BCUT2D eigenvalue weighted by molar-refractivity contribution is -0.394. The van der Waals surface area contributed by atoms with Gasteiger partial charge in [0.15, 0.2) is 0 Å². The SMILES string of the molecule is CN(C)c1ccc(/C=N\NC(=O)Cc2ccc([N+](=O)[O-])cc2[N+](=O)[O-])cc1. The van der Waals surface area contributed by atoms with Crippen molar-refractivity contribution in [2.75, 3.05) is 19.0 Å². The molecular formula is C17H17N5O5. The maximum Gasteiger partial charge on any atom is 0.279 e. The normalized spacial score (nSPS) is 10.6. The fourth-order valence-electron chi connectivity index (χ4n) is 2.24. The Morgan fingerprint density at radius 2 is 1.78 bits per heavy atom. The fourth-order valence-corrected chi connectivity index (χ4v) is 2.24. The van der Waals surface area contributed by atoms with Gasteiger partial charge in [0.2, 0.25) is 5.91 Å². The maximum atomic E-state index is 12.0. The van der Waals surface area contributed by atoms with Gasteiger partial charge in [-0.05, 0) is 23.8 Å². The van der Waals surface area contributed by atoms with Crippen LogP contribution in [-0.4, -0.2) is 36.1 Å². The van der Waals surface area contributed by atoms with Crippen LogP contribution in [0.25, 0.3) is 0 Å². The Hall–Kier alpha value is -3.82. The van der Waals surface area contributed by atoms with Crippen molar-refractivity contribution >= 4 is 29.2 Å². The Morgan fingerprint density at radius 3 is 2.33 bits per heavy atom. The molecule has 0 saturated carbocycles. The Labute approximate surface area is 154 Å². The number of nitrogens with zero attached hydrogens (tertiary/aromatic N) is 4. The van der Waals surface area contributed by atoms with Crippen LogP contribution < -0.4 is 10.3 Å². The fraction of sp³-hybridized carbons (Fsp3) is 0.176. The van der Waals surface area contributed by atoms with Gasteiger partial charge in [-0.3, -0.25) is 25.0 Å². The number of rotatable bonds is 7. The first-order valence-electron chi connectivity index (χ1n) is 7.79. The number of amides is 1. The molecule has 0 fully saturated rings. The minimum atomic E-state index is -0.759. The number of nitrogens with one attached hydrogen (secondary N) is 1. The first kappa shape index (κ1) is 19.5. The number of nitro groups is 2. The third kappa shape index (κ3) is 5.33. The molecule has 0 aliphatic rings. The van der Waals surface area contributed by atoms with Gasteiger partial charge >= 0.3 is 0 Å². The summed E-state index contributed by atoms with van der Waals surface area (Å²) < 4.78 is 0. The second kappa shape index (κ2) is 8.52. The highest BCUT2D eigenvalue weighted by Gasteiger charge is 2.20. The molecule has 27 heavy (non-hydrogen) atoms. The number of carbonyl (C=O) groups excluding carboxylic acids is 1. The van der Waals surface area contributed by atoms with E-state index in [0.29, 0.717) is 0 Å². The summed E-state index contributed by atoms with van der Waals surface area (Å²) in [5.74, 6) is -0.576. The molecule has 0 radical (unpaired) electrons. The van der Waals surface area contributed by atoms with E-state index in [-0.39, 0.29) is 12.0 Å². The van der Waals surface area contributed by atoms with Crippen molar-refractivity contribution < 1.29 is 14.6 Å². The van der Waals surface area contributed by atoms with Gasteiger partial charge in [0.25, 0.3) is 11.4 Å². The molecule has 1 amide bonds. The van der Waals surface area contributed by atoms with E-state index in [4.69, 9.17) is 0 Å². The quantitative estimate of drug-likeness (QED) is 0.451. The second-order valence-electron chi connectivity index (χ2n) is 5.78. The van der Waals surface area contributed by atoms with Crippen molar-refractivity contribution in [1.82, 2.24) is 5.43 Å². The van der Waals surface area contributed by atoms with Crippen LogP contribution in [0.1, 0.15) is 11.1 Å². The highest BCUT2D eigenvalue weighted by atomic mass is 16.6. The summed E-state index contributed by atoms with van der Waals surface area (Å²) in [6.07, 6.45) is 1.12. The highest BCUT2D eigenvalue weighted by molar-refractivity contribution is 5.84. The Morgan fingerprint density at radius 1 is 1.11 bits per heavy atom. The molecule has 140 valence electrons. The van der Waals surface area contributed by atoms with E-state index in [2.05, 4.69) is 10.5 Å². The zero-order chi connectivity index (χ0) is 20.0. The standard InChI is InChI=1S/C17H17N5O5/c1-20(2)14-6-3-12(4-7-14)11-18-19-17(23)9-13-5-8-15(21(24)25)10-16(13)22(26)27/h3-8,10-11H,9H2,1-2H3,(H,19,23)/b18-11-. The summed E-state index contributed by atoms with van der Waals surface area (Å²) >= 11 is 0. The molecule has 2 aromatic rings. The van der Waals surface area contributed by atoms with Gasteiger partial charge in [-0.25, -0.2) is 5.43 Å². The van der Waals surface area contributed by atoms with E-state index in [1.165, 1.54) is 12.3 Å². The molecule has 10 heteroatoms. The number of hydrogen-bond donors (Lipinski definition) is 1. The number of nitro benzene ring substituents is 2. The van der Waals surface area contributed by atoms with Crippen LogP contribution in [0.4, 0.5) is 17.1 Å². The lowest BCUT2D eigenvalue weighted by Crippen LogP contribution is -2.20. The maximum absolute atomic E-state index is 12.0. The largest absolute Gasteiger partial charge is 0.378 e. The monoisotopic (exact) mass is 371 g/mol. The molecule has 2 aromatic carbocycles. The van der Waals surface area contributed by atoms with Crippen LogP contribution in [0.15, 0.2) is 47.6 Å². The van der Waals surface area contributed by atoms with Gasteiger partial charge in [-0.15, -0.1) is 0 Å². The molecule has 0 aliphatic carbocycles. The molecule has 0 aromatic heterocycles. The van der Waals surface area contributed by atoms with Crippen LogP contribution >= 0.6 is 0 Å². The number of benzene rings is 2. The summed E-state index contributed by atoms with van der Waals surface area (Å²) in [4.78, 5) is 34.2. The van der Waals surface area contributed by atoms with Gasteiger partial charge in [0.1, 0.15) is 0 Å². The molecule has 0 aliphatic heterocycles. The molecular weight excluding hydrogens is 354 g/mol. The number of anilines is 1. The Bertz CT molecular complexity index is 893. The highest BCUT2D eigenvalue weighted by Crippen LogP contribution is 2.25. The molecule has 0 heterocycles. The van der Waals surface area contributed by atoms with E-state index in [1.807, 2.05) is 43.3 Å². The Kier molecular flexibility index (Phi) is 6.15. The van der Waals surface area contributed by atoms with Gasteiger partial charge < -0.3 is 4.90 Å². The van der Waals surface area contributed by atoms with Crippen molar-refractivity contribution in [3.05, 3.63) is 73.8 Å². The van der Waals surface area contributed by atoms with Crippen molar-refractivity contribution in [3.8, 4) is 0 Å². The molecule has 0 atom stereocenters. The number of hydrogen-bond acceptors (Lipinski definition) is 7. The minimum Gasteiger partial charge on any atom is -0.378 e. The van der Waals surface area contributed by atoms with E-state index < -0.39 is 27.1 Å². The van der Waals surface area contributed by atoms with E-state index in [1.54, 1.807) is 0 Å². The topological polar surface area (TPSA) is 131 Å². The number of carbonyl (C=O) groups is 1. The predicted molar refractivity (Wildman–Crippen MR) is 100.0 cm³/mol. The Balaban J connectivity index is 2.03. The van der Waals surface area contributed by atoms with Crippen LogP contribution in [0.5, 0.6) is 0 Å². The van der Waals surface area contributed by atoms with Crippen LogP contribution in [0.3, 0.4) is 0 Å².